The van der Waals surface area contributed by atoms with E-state index < -0.39 is 5.82 Å². The summed E-state index contributed by atoms with van der Waals surface area (Å²) in [5.74, 6) is 1.47. The highest BCUT2D eigenvalue weighted by molar-refractivity contribution is 5.89. The van der Waals surface area contributed by atoms with Crippen LogP contribution >= 0.6 is 0 Å². The number of allylic oxidation sites excluding steroid dienone is 7. The molecule has 1 aromatic carbocycles. The molecular weight excluding hydrogens is 377 g/mol. The number of hydrogen-bond donors (Lipinski definition) is 1. The van der Waals surface area contributed by atoms with Crippen LogP contribution in [-0.2, 0) is 0 Å². The molecule has 0 aliphatic heterocycles. The van der Waals surface area contributed by atoms with Gasteiger partial charge in [-0.2, -0.15) is 0 Å². The van der Waals surface area contributed by atoms with Crippen LogP contribution in [0.25, 0.3) is 11.0 Å². The second-order valence-corrected chi connectivity index (χ2v) is 7.49. The van der Waals surface area contributed by atoms with Crippen LogP contribution in [0, 0.1) is 25.6 Å². The maximum Gasteiger partial charge on any atom is 0.167 e. The van der Waals surface area contributed by atoms with Crippen LogP contribution in [0.4, 0.5) is 15.8 Å². The smallest absolute Gasteiger partial charge is 0.167 e. The van der Waals surface area contributed by atoms with Gasteiger partial charge in [-0.3, -0.25) is 4.98 Å². The molecule has 2 aromatic heterocycles. The number of hydrogen-bond acceptors (Lipinski definition) is 4. The molecule has 1 N–H and O–H groups in total. The Morgan fingerprint density at radius 2 is 2.00 bits per heavy atom. The average molecular weight is 397 g/mol. The van der Waals surface area contributed by atoms with Crippen molar-refractivity contribution in [2.24, 2.45) is 5.92 Å². The van der Waals surface area contributed by atoms with E-state index in [0.29, 0.717) is 22.6 Å². The number of halogens is 1. The third-order valence-corrected chi connectivity index (χ3v) is 5.25. The molecule has 0 amide bonds. The minimum Gasteiger partial charge on any atom is -0.457 e. The lowest BCUT2D eigenvalue weighted by Gasteiger charge is -2.17. The van der Waals surface area contributed by atoms with Gasteiger partial charge in [0.05, 0.1) is 11.7 Å². The maximum atomic E-state index is 14.5. The molecule has 4 nitrogen and oxygen atoms in total. The largest absolute Gasteiger partial charge is 0.457 e. The number of ether oxygens (including phenoxy) is 1. The van der Waals surface area contributed by atoms with Gasteiger partial charge in [0.15, 0.2) is 5.82 Å². The fourth-order valence-electron chi connectivity index (χ4n) is 3.68. The Morgan fingerprint density at radius 3 is 2.87 bits per heavy atom. The summed E-state index contributed by atoms with van der Waals surface area (Å²) >= 11 is 0. The summed E-state index contributed by atoms with van der Waals surface area (Å²) in [6, 6.07) is 9.40. The number of benzene rings is 1. The van der Waals surface area contributed by atoms with Crippen LogP contribution < -0.4 is 10.1 Å². The van der Waals surface area contributed by atoms with Gasteiger partial charge in [0.2, 0.25) is 0 Å². The summed E-state index contributed by atoms with van der Waals surface area (Å²) in [6.07, 6.45) is 13.7. The number of anilines is 2. The topological polar surface area (TPSA) is 47.0 Å². The molecule has 1 atom stereocenters. The minimum atomic E-state index is -0.441. The van der Waals surface area contributed by atoms with E-state index in [1.165, 1.54) is 11.8 Å². The van der Waals surface area contributed by atoms with Crippen LogP contribution in [0.5, 0.6) is 5.75 Å². The van der Waals surface area contributed by atoms with Crippen molar-refractivity contribution in [3.8, 4) is 5.75 Å². The first-order chi connectivity index (χ1) is 14.6. The Hall–Kier alpha value is -3.73. The van der Waals surface area contributed by atoms with E-state index in [9.17, 15) is 4.39 Å². The molecule has 30 heavy (non-hydrogen) atoms. The number of nitrogens with zero attached hydrogens (tertiary/aromatic N) is 2. The molecule has 0 spiro atoms. The van der Waals surface area contributed by atoms with Crippen molar-refractivity contribution in [1.29, 1.82) is 0 Å². The number of pyridine rings is 2. The molecule has 148 valence electrons. The predicted octanol–water partition coefficient (Wildman–Crippen LogP) is 6.07. The number of fused-ring (bicyclic) bond motifs is 2. The monoisotopic (exact) mass is 397 g/mol. The van der Waals surface area contributed by atoms with Gasteiger partial charge in [0.1, 0.15) is 22.7 Å². The Kier molecular flexibility index (Phi) is 4.43. The fraction of sp³-hybridized carbons (Fsp3) is 0.120. The number of aryl methyl sites for hydroxylation is 2. The summed E-state index contributed by atoms with van der Waals surface area (Å²) < 4.78 is 20.6. The summed E-state index contributed by atoms with van der Waals surface area (Å²) in [7, 11) is 0. The Bertz CT molecular complexity index is 1280. The van der Waals surface area contributed by atoms with E-state index in [2.05, 4.69) is 45.7 Å². The first kappa shape index (κ1) is 18.3. The third-order valence-electron chi connectivity index (χ3n) is 5.25. The van der Waals surface area contributed by atoms with Crippen molar-refractivity contribution in [2.75, 3.05) is 5.32 Å². The van der Waals surface area contributed by atoms with Crippen molar-refractivity contribution in [2.45, 2.75) is 13.8 Å². The van der Waals surface area contributed by atoms with Gasteiger partial charge in [-0.25, -0.2) is 9.37 Å². The Labute approximate surface area is 174 Å². The first-order valence-corrected chi connectivity index (χ1v) is 9.82. The van der Waals surface area contributed by atoms with E-state index in [0.717, 1.165) is 28.5 Å². The van der Waals surface area contributed by atoms with Crippen LogP contribution in [0.3, 0.4) is 0 Å². The lowest BCUT2D eigenvalue weighted by atomic mass is 9.97. The fourth-order valence-corrected chi connectivity index (χ4v) is 3.68. The van der Waals surface area contributed by atoms with Gasteiger partial charge in [-0.05, 0) is 67.5 Å². The molecule has 0 saturated carbocycles. The molecule has 0 bridgehead atoms. The molecule has 0 radical (unpaired) electrons. The normalized spacial score (nSPS) is 17.0. The second kappa shape index (κ2) is 7.26. The van der Waals surface area contributed by atoms with Gasteiger partial charge in [-0.1, -0.05) is 24.3 Å². The zero-order valence-electron chi connectivity index (χ0n) is 16.7. The van der Waals surface area contributed by atoms with Crippen molar-refractivity contribution >= 4 is 22.4 Å². The highest BCUT2D eigenvalue weighted by atomic mass is 19.1. The maximum absolute atomic E-state index is 14.5. The van der Waals surface area contributed by atoms with Crippen LogP contribution in [-0.4, -0.2) is 9.97 Å². The lowest BCUT2D eigenvalue weighted by molar-refractivity contribution is 0.438. The summed E-state index contributed by atoms with van der Waals surface area (Å²) in [6.45, 7) is 3.84. The van der Waals surface area contributed by atoms with Crippen molar-refractivity contribution in [3.05, 3.63) is 101 Å². The van der Waals surface area contributed by atoms with Gasteiger partial charge in [-0.15, -0.1) is 0 Å². The highest BCUT2D eigenvalue weighted by Gasteiger charge is 2.16. The number of rotatable bonds is 4. The molecule has 3 aromatic rings. The van der Waals surface area contributed by atoms with Crippen LogP contribution in [0.15, 0.2) is 84.3 Å². The second-order valence-electron chi connectivity index (χ2n) is 7.49. The van der Waals surface area contributed by atoms with E-state index in [-0.39, 0.29) is 0 Å². The van der Waals surface area contributed by atoms with Crippen LogP contribution in [0.1, 0.15) is 11.3 Å². The molecule has 0 saturated heterocycles. The van der Waals surface area contributed by atoms with E-state index in [4.69, 9.17) is 4.74 Å². The zero-order valence-corrected chi connectivity index (χ0v) is 16.7. The van der Waals surface area contributed by atoms with E-state index >= 15 is 0 Å². The molecule has 2 heterocycles. The summed E-state index contributed by atoms with van der Waals surface area (Å²) in [5, 5.41) is 3.17. The standard InChI is InChI=1S/C25H20FN3O/c1-15-12-19(29-24-21(26)14-27-22-10-6-16(2)28-25(22)24)8-11-23(15)30-20-9-7-17-4-3-5-18(17)13-20/h3-14,17H,1-2H3,(H,27,29). The van der Waals surface area contributed by atoms with E-state index in [1.54, 1.807) is 0 Å². The summed E-state index contributed by atoms with van der Waals surface area (Å²) in [5.41, 5.74) is 5.21. The molecule has 5 rings (SSSR count). The zero-order chi connectivity index (χ0) is 20.7. The molecule has 2 aliphatic rings. The number of nitrogens with one attached hydrogen (secondary N) is 1. The first-order valence-electron chi connectivity index (χ1n) is 9.82. The lowest BCUT2D eigenvalue weighted by Crippen LogP contribution is -2.03. The third kappa shape index (κ3) is 3.39. The highest BCUT2D eigenvalue weighted by Crippen LogP contribution is 2.32. The van der Waals surface area contributed by atoms with Gasteiger partial charge in [0, 0.05) is 17.3 Å². The quantitative estimate of drug-likeness (QED) is 0.580. The SMILES string of the molecule is Cc1ccc2ncc(F)c(Nc3ccc(OC4=CC5=CC=CC5C=C4)c(C)c3)c2n1. The van der Waals surface area contributed by atoms with Crippen molar-refractivity contribution in [3.63, 3.8) is 0 Å². The molecular formula is C25H20FN3O. The minimum absolute atomic E-state index is 0.321. The predicted molar refractivity (Wildman–Crippen MR) is 117 cm³/mol. The molecule has 0 fully saturated rings. The molecule has 1 unspecified atom stereocenters. The Balaban J connectivity index is 1.41. The van der Waals surface area contributed by atoms with Crippen molar-refractivity contribution in [1.82, 2.24) is 9.97 Å². The van der Waals surface area contributed by atoms with Gasteiger partial charge < -0.3 is 10.1 Å². The average Bonchev–Trinajstić information content (AvgIpc) is 3.20. The Morgan fingerprint density at radius 1 is 1.10 bits per heavy atom. The van der Waals surface area contributed by atoms with Crippen molar-refractivity contribution < 1.29 is 9.13 Å². The van der Waals surface area contributed by atoms with E-state index in [1.807, 2.05) is 50.3 Å². The summed E-state index contributed by atoms with van der Waals surface area (Å²) in [4.78, 5) is 8.59. The molecule has 2 aliphatic carbocycles. The van der Waals surface area contributed by atoms with Crippen LogP contribution in [0.2, 0.25) is 0 Å². The number of aromatic nitrogens is 2. The van der Waals surface area contributed by atoms with Gasteiger partial charge >= 0.3 is 0 Å². The molecule has 5 heteroatoms. The van der Waals surface area contributed by atoms with Gasteiger partial charge in [0.25, 0.3) is 0 Å².